The van der Waals surface area contributed by atoms with Crippen LogP contribution in [-0.2, 0) is 17.8 Å². The molecule has 32 heavy (non-hydrogen) atoms. The molecule has 4 aromatic rings. The molecule has 7 heteroatoms. The lowest BCUT2D eigenvalue weighted by molar-refractivity contribution is 0.0601. The third-order valence-electron chi connectivity index (χ3n) is 5.06. The van der Waals surface area contributed by atoms with Crippen molar-refractivity contribution in [2.24, 2.45) is 0 Å². The first-order valence-electron chi connectivity index (χ1n) is 10.1. The summed E-state index contributed by atoms with van der Waals surface area (Å²) < 4.78 is 7.21. The molecule has 1 heterocycles. The first-order valence-corrected chi connectivity index (χ1v) is 10.1. The third kappa shape index (κ3) is 4.41. The average molecular weight is 427 g/mol. The van der Waals surface area contributed by atoms with E-state index in [1.807, 2.05) is 60.7 Å². The summed E-state index contributed by atoms with van der Waals surface area (Å²) in [7, 11) is 1.31. The highest BCUT2D eigenvalue weighted by atomic mass is 16.5. The van der Waals surface area contributed by atoms with Crippen LogP contribution >= 0.6 is 0 Å². The minimum Gasteiger partial charge on any atom is -0.465 e. The smallest absolute Gasteiger partial charge is 0.348 e. The highest BCUT2D eigenvalue weighted by Crippen LogP contribution is 2.15. The molecule has 0 N–H and O–H groups in total. The van der Waals surface area contributed by atoms with Gasteiger partial charge in [0.2, 0.25) is 0 Å². The largest absolute Gasteiger partial charge is 0.465 e. The Morgan fingerprint density at radius 2 is 1.38 bits per heavy atom. The molecule has 0 unspecified atom stereocenters. The lowest BCUT2D eigenvalue weighted by Gasteiger charge is -2.13. The Balaban J connectivity index is 1.84. The Kier molecular flexibility index (Phi) is 6.07. The van der Waals surface area contributed by atoms with E-state index < -0.39 is 17.2 Å². The number of benzene rings is 3. The minimum atomic E-state index is -0.492. The molecule has 0 aliphatic heterocycles. The van der Waals surface area contributed by atoms with Crippen molar-refractivity contribution < 1.29 is 9.53 Å². The van der Waals surface area contributed by atoms with Gasteiger partial charge in [-0.1, -0.05) is 72.8 Å². The van der Waals surface area contributed by atoms with E-state index in [-0.39, 0.29) is 18.8 Å². The molecule has 0 atom stereocenters. The maximum Gasteiger partial charge on any atom is 0.348 e. The van der Waals surface area contributed by atoms with Crippen LogP contribution < -0.4 is 11.2 Å². The van der Waals surface area contributed by atoms with Crippen molar-refractivity contribution in [1.82, 2.24) is 14.3 Å². The molecular weight excluding hydrogens is 406 g/mol. The quantitative estimate of drug-likeness (QED) is 0.442. The Labute approximate surface area is 184 Å². The summed E-state index contributed by atoms with van der Waals surface area (Å²) in [5.41, 5.74) is 1.74. The number of methoxy groups -OCH3 is 1. The number of carbonyl (C=O) groups is 1. The van der Waals surface area contributed by atoms with E-state index in [0.717, 1.165) is 11.1 Å². The van der Waals surface area contributed by atoms with E-state index >= 15 is 0 Å². The molecule has 0 aliphatic rings. The van der Waals surface area contributed by atoms with Gasteiger partial charge in [-0.15, -0.1) is 0 Å². The Bertz CT molecular complexity index is 1340. The zero-order valence-corrected chi connectivity index (χ0v) is 17.5. The fourth-order valence-electron chi connectivity index (χ4n) is 3.39. The van der Waals surface area contributed by atoms with E-state index in [1.54, 1.807) is 24.3 Å². The summed E-state index contributed by atoms with van der Waals surface area (Å²) in [4.78, 5) is 38.2. The zero-order chi connectivity index (χ0) is 22.5. The van der Waals surface area contributed by atoms with Crippen LogP contribution in [0.4, 0.5) is 0 Å². The van der Waals surface area contributed by atoms with E-state index in [1.165, 1.54) is 16.4 Å². The van der Waals surface area contributed by atoms with E-state index in [4.69, 9.17) is 4.74 Å². The minimum absolute atomic E-state index is 0.128. The molecule has 1 aromatic heterocycles. The van der Waals surface area contributed by atoms with Crippen molar-refractivity contribution in [1.29, 1.82) is 0 Å². The second-order valence-electron chi connectivity index (χ2n) is 7.22. The fraction of sp³-hybridized carbons (Fsp3) is 0.120. The first kappa shape index (κ1) is 21.0. The van der Waals surface area contributed by atoms with Gasteiger partial charge >= 0.3 is 11.7 Å². The number of nitrogens with zero attached hydrogens (tertiary/aromatic N) is 3. The third-order valence-corrected chi connectivity index (χ3v) is 5.06. The van der Waals surface area contributed by atoms with Crippen LogP contribution in [0.5, 0.6) is 0 Å². The number of aromatic nitrogens is 3. The predicted molar refractivity (Wildman–Crippen MR) is 121 cm³/mol. The summed E-state index contributed by atoms with van der Waals surface area (Å²) in [6, 6.07) is 25.1. The molecular formula is C25H21N3O4. The molecule has 160 valence electrons. The van der Waals surface area contributed by atoms with E-state index in [9.17, 15) is 14.4 Å². The van der Waals surface area contributed by atoms with Gasteiger partial charge < -0.3 is 4.74 Å². The summed E-state index contributed by atoms with van der Waals surface area (Å²) in [6.45, 7) is 0.352. The van der Waals surface area contributed by atoms with Crippen LogP contribution in [-0.4, -0.2) is 27.4 Å². The molecule has 0 fully saturated rings. The Morgan fingerprint density at radius 1 is 0.812 bits per heavy atom. The number of hydrogen-bond donors (Lipinski definition) is 0. The molecule has 0 radical (unpaired) electrons. The Hall–Kier alpha value is -4.26. The molecule has 3 aromatic carbocycles. The fourth-order valence-corrected chi connectivity index (χ4v) is 3.39. The van der Waals surface area contributed by atoms with Crippen LogP contribution in [0.15, 0.2) is 94.5 Å². The van der Waals surface area contributed by atoms with Crippen molar-refractivity contribution in [3.8, 4) is 11.3 Å². The topological polar surface area (TPSA) is 83.2 Å². The standard InChI is InChI=1S/C25H21N3O4/c1-32-24(30)21-14-12-20(13-15-21)22-23(29)27(16-18-8-4-2-5-9-18)25(31)28(26-22)17-19-10-6-3-7-11-19/h2-15H,16-17H2,1H3. The van der Waals surface area contributed by atoms with Crippen LogP contribution in [0.2, 0.25) is 0 Å². The van der Waals surface area contributed by atoms with Crippen LogP contribution in [0.1, 0.15) is 21.5 Å². The number of ether oxygens (including phenoxy) is 1. The molecule has 4 rings (SSSR count). The van der Waals surface area contributed by atoms with Gasteiger partial charge in [0, 0.05) is 5.56 Å². The number of hydrogen-bond acceptors (Lipinski definition) is 5. The number of esters is 1. The molecule has 0 bridgehead atoms. The van der Waals surface area contributed by atoms with Gasteiger partial charge in [-0.05, 0) is 23.3 Å². The van der Waals surface area contributed by atoms with Crippen molar-refractivity contribution in [3.63, 3.8) is 0 Å². The second-order valence-corrected chi connectivity index (χ2v) is 7.22. The van der Waals surface area contributed by atoms with E-state index in [2.05, 4.69) is 5.10 Å². The average Bonchev–Trinajstić information content (AvgIpc) is 2.84. The van der Waals surface area contributed by atoms with Crippen LogP contribution in [0, 0.1) is 0 Å². The molecule has 0 saturated heterocycles. The van der Waals surface area contributed by atoms with Gasteiger partial charge in [0.1, 0.15) is 0 Å². The molecule has 0 spiro atoms. The zero-order valence-electron chi connectivity index (χ0n) is 17.5. The monoisotopic (exact) mass is 427 g/mol. The van der Waals surface area contributed by atoms with Crippen molar-refractivity contribution in [2.45, 2.75) is 13.1 Å². The molecule has 0 aliphatic carbocycles. The highest BCUT2D eigenvalue weighted by Gasteiger charge is 2.16. The molecule has 7 nitrogen and oxygen atoms in total. The van der Waals surface area contributed by atoms with Crippen LogP contribution in [0.3, 0.4) is 0 Å². The van der Waals surface area contributed by atoms with Gasteiger partial charge in [0.25, 0.3) is 5.56 Å². The lowest BCUT2D eigenvalue weighted by Crippen LogP contribution is -2.42. The summed E-state index contributed by atoms with van der Waals surface area (Å²) >= 11 is 0. The van der Waals surface area contributed by atoms with Gasteiger partial charge in [0.15, 0.2) is 5.69 Å². The van der Waals surface area contributed by atoms with Gasteiger partial charge in [0.05, 0.1) is 25.8 Å². The predicted octanol–water partition coefficient (Wildman–Crippen LogP) is 2.96. The summed E-state index contributed by atoms with van der Waals surface area (Å²) in [6.07, 6.45) is 0. The first-order chi connectivity index (χ1) is 15.6. The molecule has 0 amide bonds. The van der Waals surface area contributed by atoms with Crippen molar-refractivity contribution >= 4 is 5.97 Å². The normalized spacial score (nSPS) is 10.7. The van der Waals surface area contributed by atoms with Gasteiger partial charge in [-0.3, -0.25) is 9.36 Å². The maximum atomic E-state index is 13.3. The van der Waals surface area contributed by atoms with Crippen LogP contribution in [0.25, 0.3) is 11.3 Å². The SMILES string of the molecule is COC(=O)c1ccc(-c2nn(Cc3ccccc3)c(=O)n(Cc3ccccc3)c2=O)cc1. The van der Waals surface area contributed by atoms with Crippen molar-refractivity contribution in [3.05, 3.63) is 122 Å². The molecule has 0 saturated carbocycles. The van der Waals surface area contributed by atoms with Gasteiger partial charge in [-0.25, -0.2) is 14.3 Å². The van der Waals surface area contributed by atoms with Crippen molar-refractivity contribution in [2.75, 3.05) is 7.11 Å². The van der Waals surface area contributed by atoms with Gasteiger partial charge in [-0.2, -0.15) is 5.10 Å². The second kappa shape index (κ2) is 9.26. The number of rotatable bonds is 6. The Morgan fingerprint density at radius 3 is 1.94 bits per heavy atom. The summed E-state index contributed by atoms with van der Waals surface area (Å²) in [5, 5.41) is 4.39. The van der Waals surface area contributed by atoms with E-state index in [0.29, 0.717) is 11.1 Å². The number of carbonyl (C=O) groups excluding carboxylic acids is 1. The lowest BCUT2D eigenvalue weighted by atomic mass is 10.1. The summed E-state index contributed by atoms with van der Waals surface area (Å²) in [5.74, 6) is -0.472. The highest BCUT2D eigenvalue weighted by molar-refractivity contribution is 5.89. The maximum absolute atomic E-state index is 13.3.